The molecule has 4 rings (SSSR count). The summed E-state index contributed by atoms with van der Waals surface area (Å²) in [6.45, 7) is 4.03. The minimum absolute atomic E-state index is 0.453. The smallest absolute Gasteiger partial charge is 0.123 e. The summed E-state index contributed by atoms with van der Waals surface area (Å²) in [5.41, 5.74) is 4.02. The lowest BCUT2D eigenvalue weighted by Crippen LogP contribution is -2.47. The lowest BCUT2D eigenvalue weighted by atomic mass is 9.85. The van der Waals surface area contributed by atoms with Crippen molar-refractivity contribution in [1.29, 1.82) is 0 Å². The van der Waals surface area contributed by atoms with Gasteiger partial charge < -0.3 is 10.1 Å². The van der Waals surface area contributed by atoms with Gasteiger partial charge in [0, 0.05) is 43.7 Å². The molecule has 0 aromatic heterocycles. The zero-order valence-electron chi connectivity index (χ0n) is 17.1. The van der Waals surface area contributed by atoms with E-state index in [1.807, 2.05) is 12.1 Å². The Bertz CT molecular complexity index is 881. The van der Waals surface area contributed by atoms with Crippen molar-refractivity contribution in [2.75, 3.05) is 20.2 Å². The molecule has 0 unspecified atom stereocenters. The molecule has 1 heterocycles. The van der Waals surface area contributed by atoms with E-state index >= 15 is 0 Å². The number of likely N-dealkylation sites (tertiary alicyclic amines) is 1. The van der Waals surface area contributed by atoms with E-state index in [0.717, 1.165) is 38.3 Å². The number of hydrogen-bond donors (Lipinski definition) is 1. The summed E-state index contributed by atoms with van der Waals surface area (Å²) in [4.78, 5) is 2.59. The van der Waals surface area contributed by atoms with Crippen LogP contribution in [0.4, 0.5) is 0 Å². The van der Waals surface area contributed by atoms with E-state index in [-0.39, 0.29) is 0 Å². The Kier molecular flexibility index (Phi) is 6.60. The topological polar surface area (TPSA) is 24.5 Å². The predicted molar refractivity (Wildman–Crippen MR) is 119 cm³/mol. The minimum atomic E-state index is 0.453. The number of rotatable bonds is 7. The first-order valence-corrected chi connectivity index (χ1v) is 10.5. The summed E-state index contributed by atoms with van der Waals surface area (Å²) in [6.07, 6.45) is 1.14. The number of methoxy groups -OCH3 is 1. The van der Waals surface area contributed by atoms with Gasteiger partial charge in [-0.25, -0.2) is 0 Å². The van der Waals surface area contributed by atoms with Gasteiger partial charge in [0.2, 0.25) is 0 Å². The van der Waals surface area contributed by atoms with Gasteiger partial charge in [-0.1, -0.05) is 78.9 Å². The zero-order valence-corrected chi connectivity index (χ0v) is 17.1. The van der Waals surface area contributed by atoms with Crippen molar-refractivity contribution in [3.05, 3.63) is 102 Å². The van der Waals surface area contributed by atoms with Crippen molar-refractivity contribution < 1.29 is 4.74 Å². The first-order chi connectivity index (χ1) is 14.3. The van der Waals surface area contributed by atoms with Gasteiger partial charge in [0.05, 0.1) is 7.11 Å². The Morgan fingerprint density at radius 2 is 1.59 bits per heavy atom. The number of nitrogens with one attached hydrogen (secondary N) is 1. The lowest BCUT2D eigenvalue weighted by molar-refractivity contribution is 0.166. The van der Waals surface area contributed by atoms with E-state index in [2.05, 4.69) is 83.0 Å². The first-order valence-electron chi connectivity index (χ1n) is 10.5. The largest absolute Gasteiger partial charge is 0.496 e. The molecular weight excluding hydrogens is 356 g/mol. The summed E-state index contributed by atoms with van der Waals surface area (Å²) >= 11 is 0. The molecule has 1 fully saturated rings. The van der Waals surface area contributed by atoms with Crippen LogP contribution in [0.2, 0.25) is 0 Å². The summed E-state index contributed by atoms with van der Waals surface area (Å²) in [5, 5.41) is 3.84. The van der Waals surface area contributed by atoms with Gasteiger partial charge in [-0.2, -0.15) is 0 Å². The van der Waals surface area contributed by atoms with Crippen LogP contribution >= 0.6 is 0 Å². The van der Waals surface area contributed by atoms with Gasteiger partial charge in [0.15, 0.2) is 0 Å². The lowest BCUT2D eigenvalue weighted by Gasteiger charge is -2.39. The molecule has 1 N–H and O–H groups in total. The van der Waals surface area contributed by atoms with Crippen LogP contribution in [0.3, 0.4) is 0 Å². The van der Waals surface area contributed by atoms with Crippen LogP contribution in [0.1, 0.15) is 29.0 Å². The molecule has 3 nitrogen and oxygen atoms in total. The van der Waals surface area contributed by atoms with E-state index < -0.39 is 0 Å². The van der Waals surface area contributed by atoms with Gasteiger partial charge in [-0.15, -0.1) is 0 Å². The molecule has 150 valence electrons. The van der Waals surface area contributed by atoms with Crippen LogP contribution in [0.25, 0.3) is 0 Å². The predicted octanol–water partition coefficient (Wildman–Crippen LogP) is 4.84. The van der Waals surface area contributed by atoms with Crippen molar-refractivity contribution >= 4 is 0 Å². The van der Waals surface area contributed by atoms with E-state index in [9.17, 15) is 0 Å². The Morgan fingerprint density at radius 1 is 0.897 bits per heavy atom. The fourth-order valence-corrected chi connectivity index (χ4v) is 4.38. The molecule has 1 saturated heterocycles. The molecule has 3 aromatic rings. The molecule has 29 heavy (non-hydrogen) atoms. The summed E-state index contributed by atoms with van der Waals surface area (Å²) in [7, 11) is 1.74. The number of nitrogens with zero attached hydrogens (tertiary/aromatic N) is 1. The molecule has 2 atom stereocenters. The fraction of sp³-hybridized carbons (Fsp3) is 0.308. The molecule has 3 heteroatoms. The Labute approximate surface area is 174 Å². The fourth-order valence-electron chi connectivity index (χ4n) is 4.38. The highest BCUT2D eigenvalue weighted by molar-refractivity contribution is 5.33. The minimum Gasteiger partial charge on any atom is -0.496 e. The molecule has 0 spiro atoms. The van der Waals surface area contributed by atoms with Crippen molar-refractivity contribution in [2.45, 2.75) is 31.5 Å². The highest BCUT2D eigenvalue weighted by Gasteiger charge is 2.30. The van der Waals surface area contributed by atoms with E-state index in [4.69, 9.17) is 4.74 Å². The number of piperidine rings is 1. The van der Waals surface area contributed by atoms with Crippen LogP contribution in [0.5, 0.6) is 5.75 Å². The molecule has 0 amide bonds. The standard InChI is InChI=1S/C26H30N2O/c1-29-26-15-9-8-14-23(26)18-27-25-16-17-28(19-21-10-4-2-5-11-21)20-24(25)22-12-6-3-7-13-22/h2-15,24-25,27H,16-20H2,1H3/t24-,25+/m1/s1. The molecule has 0 bridgehead atoms. The van der Waals surface area contributed by atoms with Crippen LogP contribution in [-0.2, 0) is 13.1 Å². The summed E-state index contributed by atoms with van der Waals surface area (Å²) in [5.74, 6) is 1.43. The zero-order chi connectivity index (χ0) is 19.9. The first kappa shape index (κ1) is 19.7. The maximum Gasteiger partial charge on any atom is 0.123 e. The molecule has 3 aromatic carbocycles. The maximum atomic E-state index is 5.53. The Hall–Kier alpha value is -2.62. The van der Waals surface area contributed by atoms with Gasteiger partial charge in [-0.05, 0) is 23.6 Å². The number of hydrogen-bond acceptors (Lipinski definition) is 3. The van der Waals surface area contributed by atoms with Gasteiger partial charge in [0.1, 0.15) is 5.75 Å². The third-order valence-electron chi connectivity index (χ3n) is 5.92. The van der Waals surface area contributed by atoms with Gasteiger partial charge >= 0.3 is 0 Å². The van der Waals surface area contributed by atoms with Crippen molar-refractivity contribution in [3.63, 3.8) is 0 Å². The number of ether oxygens (including phenoxy) is 1. The quantitative estimate of drug-likeness (QED) is 0.629. The second kappa shape index (κ2) is 9.73. The van der Waals surface area contributed by atoms with E-state index in [0.29, 0.717) is 12.0 Å². The second-order valence-electron chi connectivity index (χ2n) is 7.83. The molecule has 1 aliphatic heterocycles. The van der Waals surface area contributed by atoms with Crippen molar-refractivity contribution in [1.82, 2.24) is 10.2 Å². The van der Waals surface area contributed by atoms with Crippen LogP contribution in [-0.4, -0.2) is 31.1 Å². The average Bonchev–Trinajstić information content (AvgIpc) is 2.79. The average molecular weight is 387 g/mol. The Morgan fingerprint density at radius 3 is 2.34 bits per heavy atom. The maximum absolute atomic E-state index is 5.53. The normalized spacial score (nSPS) is 19.8. The molecular formula is C26H30N2O. The third kappa shape index (κ3) is 5.06. The van der Waals surface area contributed by atoms with E-state index in [1.165, 1.54) is 16.7 Å². The van der Waals surface area contributed by atoms with Crippen molar-refractivity contribution in [2.24, 2.45) is 0 Å². The van der Waals surface area contributed by atoms with Crippen LogP contribution < -0.4 is 10.1 Å². The molecule has 0 aliphatic carbocycles. The molecule has 0 radical (unpaired) electrons. The monoisotopic (exact) mass is 386 g/mol. The van der Waals surface area contributed by atoms with Crippen molar-refractivity contribution in [3.8, 4) is 5.75 Å². The summed E-state index contributed by atoms with van der Waals surface area (Å²) in [6, 6.07) is 30.5. The van der Waals surface area contributed by atoms with Crippen LogP contribution in [0, 0.1) is 0 Å². The van der Waals surface area contributed by atoms with Gasteiger partial charge in [-0.3, -0.25) is 4.90 Å². The second-order valence-corrected chi connectivity index (χ2v) is 7.83. The SMILES string of the molecule is COc1ccccc1CN[C@H]1CCN(Cc2ccccc2)C[C@@H]1c1ccccc1. The third-order valence-corrected chi connectivity index (χ3v) is 5.92. The summed E-state index contributed by atoms with van der Waals surface area (Å²) < 4.78 is 5.53. The highest BCUT2D eigenvalue weighted by atomic mass is 16.5. The van der Waals surface area contributed by atoms with E-state index in [1.54, 1.807) is 7.11 Å². The molecule has 0 saturated carbocycles. The number of benzene rings is 3. The Balaban J connectivity index is 1.47. The number of para-hydroxylation sites is 1. The van der Waals surface area contributed by atoms with Crippen LogP contribution in [0.15, 0.2) is 84.9 Å². The van der Waals surface area contributed by atoms with Gasteiger partial charge in [0.25, 0.3) is 0 Å². The highest BCUT2D eigenvalue weighted by Crippen LogP contribution is 2.29. The molecule has 1 aliphatic rings.